The molecule has 4 nitrogen and oxygen atoms in total. The summed E-state index contributed by atoms with van der Waals surface area (Å²) in [4.78, 5) is 16.9. The Morgan fingerprint density at radius 3 is 2.68 bits per heavy atom. The van der Waals surface area contributed by atoms with Crippen LogP contribution in [0.5, 0.6) is 0 Å². The molecule has 1 aliphatic heterocycles. The van der Waals surface area contributed by atoms with Gasteiger partial charge in [-0.25, -0.2) is 0 Å². The topological polar surface area (TPSA) is 49.6 Å². The highest BCUT2D eigenvalue weighted by molar-refractivity contribution is 5.79. The predicted octanol–water partition coefficient (Wildman–Crippen LogP) is 2.37. The van der Waals surface area contributed by atoms with Gasteiger partial charge in [0.1, 0.15) is 0 Å². The average Bonchev–Trinajstić information content (AvgIpc) is 3.18. The Bertz CT molecular complexity index is 525. The van der Waals surface area contributed by atoms with Crippen molar-refractivity contribution in [2.75, 3.05) is 25.0 Å². The molecule has 0 spiro atoms. The second-order valence-corrected chi connectivity index (χ2v) is 6.79. The zero-order valence-corrected chi connectivity index (χ0v) is 13.5. The maximum absolute atomic E-state index is 12.6. The van der Waals surface area contributed by atoms with Crippen molar-refractivity contribution in [2.45, 2.75) is 44.7 Å². The lowest BCUT2D eigenvalue weighted by Gasteiger charge is -2.26. The molecule has 2 N–H and O–H groups in total. The van der Waals surface area contributed by atoms with Gasteiger partial charge in [0.05, 0.1) is 0 Å². The Morgan fingerprint density at radius 1 is 1.27 bits per heavy atom. The van der Waals surface area contributed by atoms with Gasteiger partial charge in [0.2, 0.25) is 5.91 Å². The molecule has 1 saturated carbocycles. The number of carbonyl (C=O) groups is 1. The molecule has 2 unspecified atom stereocenters. The molecule has 3 rings (SSSR count). The van der Waals surface area contributed by atoms with Crippen LogP contribution >= 0.6 is 0 Å². The van der Waals surface area contributed by atoms with Gasteiger partial charge in [0.15, 0.2) is 0 Å². The van der Waals surface area contributed by atoms with Crippen molar-refractivity contribution in [3.8, 4) is 0 Å². The van der Waals surface area contributed by atoms with Gasteiger partial charge >= 0.3 is 0 Å². The minimum atomic E-state index is 0.124. The molecule has 2 aliphatic rings. The third kappa shape index (κ3) is 3.27. The first kappa shape index (κ1) is 15.3. The molecule has 1 aliphatic carbocycles. The first-order chi connectivity index (χ1) is 10.6. The van der Waals surface area contributed by atoms with Crippen LogP contribution in [0.15, 0.2) is 24.3 Å². The van der Waals surface area contributed by atoms with Crippen molar-refractivity contribution in [3.05, 3.63) is 29.8 Å². The summed E-state index contributed by atoms with van der Waals surface area (Å²) >= 11 is 0. The van der Waals surface area contributed by atoms with E-state index in [-0.39, 0.29) is 17.9 Å². The van der Waals surface area contributed by atoms with E-state index in [9.17, 15) is 4.79 Å². The van der Waals surface area contributed by atoms with Crippen molar-refractivity contribution < 1.29 is 4.79 Å². The Hall–Kier alpha value is -1.55. The number of nitrogens with zero attached hydrogens (tertiary/aromatic N) is 2. The summed E-state index contributed by atoms with van der Waals surface area (Å²) < 4.78 is 0. The van der Waals surface area contributed by atoms with Gasteiger partial charge in [0.25, 0.3) is 0 Å². The summed E-state index contributed by atoms with van der Waals surface area (Å²) in [6.45, 7) is 2.95. The molecular weight excluding hydrogens is 274 g/mol. The monoisotopic (exact) mass is 301 g/mol. The van der Waals surface area contributed by atoms with E-state index in [0.29, 0.717) is 6.54 Å². The second kappa shape index (κ2) is 6.69. The van der Waals surface area contributed by atoms with Gasteiger partial charge in [-0.15, -0.1) is 0 Å². The summed E-state index contributed by atoms with van der Waals surface area (Å²) in [6, 6.07) is 8.70. The highest BCUT2D eigenvalue weighted by atomic mass is 16.2. The fourth-order valence-corrected chi connectivity index (χ4v) is 3.80. The number of hydrogen-bond acceptors (Lipinski definition) is 3. The lowest BCUT2D eigenvalue weighted by molar-refractivity contribution is -0.134. The third-order valence-corrected chi connectivity index (χ3v) is 5.04. The van der Waals surface area contributed by atoms with E-state index >= 15 is 0 Å². The summed E-state index contributed by atoms with van der Waals surface area (Å²) in [7, 11) is 1.92. The van der Waals surface area contributed by atoms with E-state index < -0.39 is 0 Å². The Kier molecular flexibility index (Phi) is 4.67. The number of nitrogens with two attached hydrogens (primary N) is 1. The fourth-order valence-electron chi connectivity index (χ4n) is 3.80. The first-order valence-corrected chi connectivity index (χ1v) is 8.48. The maximum atomic E-state index is 12.6. The molecule has 22 heavy (non-hydrogen) atoms. The van der Waals surface area contributed by atoms with Crippen LogP contribution in [0.1, 0.15) is 37.7 Å². The first-order valence-electron chi connectivity index (χ1n) is 8.48. The van der Waals surface area contributed by atoms with Crippen LogP contribution in [-0.4, -0.2) is 37.0 Å². The zero-order chi connectivity index (χ0) is 15.5. The van der Waals surface area contributed by atoms with Crippen molar-refractivity contribution in [2.24, 2.45) is 11.7 Å². The minimum Gasteiger partial charge on any atom is -0.371 e. The predicted molar refractivity (Wildman–Crippen MR) is 89.7 cm³/mol. The Morgan fingerprint density at radius 2 is 2.00 bits per heavy atom. The molecule has 1 heterocycles. The number of carbonyl (C=O) groups excluding carboxylic acids is 1. The van der Waals surface area contributed by atoms with E-state index in [1.165, 1.54) is 24.1 Å². The van der Waals surface area contributed by atoms with E-state index in [2.05, 4.69) is 29.2 Å². The van der Waals surface area contributed by atoms with Crippen molar-refractivity contribution in [1.82, 2.24) is 4.90 Å². The highest BCUT2D eigenvalue weighted by Crippen LogP contribution is 2.28. The molecule has 0 bridgehead atoms. The number of amides is 1. The number of anilines is 1. The van der Waals surface area contributed by atoms with Gasteiger partial charge in [0, 0.05) is 44.3 Å². The van der Waals surface area contributed by atoms with Crippen LogP contribution in [0.4, 0.5) is 5.69 Å². The quantitative estimate of drug-likeness (QED) is 0.929. The zero-order valence-electron chi connectivity index (χ0n) is 13.5. The molecular formula is C18H27N3O. The molecule has 1 aromatic rings. The number of hydrogen-bond donors (Lipinski definition) is 1. The van der Waals surface area contributed by atoms with E-state index in [4.69, 9.17) is 5.73 Å². The number of rotatable bonds is 4. The van der Waals surface area contributed by atoms with Crippen LogP contribution in [0.25, 0.3) is 0 Å². The van der Waals surface area contributed by atoms with Crippen LogP contribution < -0.4 is 10.6 Å². The van der Waals surface area contributed by atoms with Crippen LogP contribution in [0.3, 0.4) is 0 Å². The maximum Gasteiger partial charge on any atom is 0.225 e. The average molecular weight is 301 g/mol. The highest BCUT2D eigenvalue weighted by Gasteiger charge is 2.30. The standard InChI is InChI=1S/C18H27N3O/c1-20(18(22)14-8-9-16(19)12-14)13-15-6-2-3-7-17(15)21-10-4-5-11-21/h2-3,6-7,14,16H,4-5,8-13,19H2,1H3. The summed E-state index contributed by atoms with van der Waals surface area (Å²) in [5.41, 5.74) is 8.49. The molecule has 0 aromatic heterocycles. The third-order valence-electron chi connectivity index (χ3n) is 5.04. The molecule has 2 fully saturated rings. The van der Waals surface area contributed by atoms with E-state index in [1.54, 1.807) is 0 Å². The molecule has 1 saturated heterocycles. The molecule has 2 atom stereocenters. The molecule has 4 heteroatoms. The smallest absolute Gasteiger partial charge is 0.225 e. The van der Waals surface area contributed by atoms with Crippen molar-refractivity contribution in [3.63, 3.8) is 0 Å². The van der Waals surface area contributed by atoms with Gasteiger partial charge < -0.3 is 15.5 Å². The largest absolute Gasteiger partial charge is 0.371 e. The SMILES string of the molecule is CN(Cc1ccccc1N1CCCC1)C(=O)C1CCC(N)C1. The number of benzene rings is 1. The van der Waals surface area contributed by atoms with Crippen molar-refractivity contribution >= 4 is 11.6 Å². The van der Waals surface area contributed by atoms with E-state index in [1.807, 2.05) is 11.9 Å². The van der Waals surface area contributed by atoms with E-state index in [0.717, 1.165) is 32.4 Å². The Balaban J connectivity index is 1.68. The summed E-state index contributed by atoms with van der Waals surface area (Å²) in [6.07, 6.45) is 5.30. The minimum absolute atomic E-state index is 0.124. The molecule has 0 radical (unpaired) electrons. The van der Waals surface area contributed by atoms with Gasteiger partial charge in [-0.3, -0.25) is 4.79 Å². The fraction of sp³-hybridized carbons (Fsp3) is 0.611. The normalized spacial score (nSPS) is 24.7. The van der Waals surface area contributed by atoms with Gasteiger partial charge in [-0.2, -0.15) is 0 Å². The van der Waals surface area contributed by atoms with Crippen molar-refractivity contribution in [1.29, 1.82) is 0 Å². The van der Waals surface area contributed by atoms with Crippen LogP contribution in [0, 0.1) is 5.92 Å². The number of para-hydroxylation sites is 1. The molecule has 120 valence electrons. The second-order valence-electron chi connectivity index (χ2n) is 6.79. The molecule has 1 amide bonds. The lowest BCUT2D eigenvalue weighted by Crippen LogP contribution is -2.33. The van der Waals surface area contributed by atoms with Crippen LogP contribution in [-0.2, 0) is 11.3 Å². The summed E-state index contributed by atoms with van der Waals surface area (Å²) in [5.74, 6) is 0.378. The van der Waals surface area contributed by atoms with Crippen LogP contribution in [0.2, 0.25) is 0 Å². The summed E-state index contributed by atoms with van der Waals surface area (Å²) in [5, 5.41) is 0. The van der Waals surface area contributed by atoms with Gasteiger partial charge in [-0.05, 0) is 43.7 Å². The molecule has 1 aromatic carbocycles. The Labute approximate surface area is 133 Å². The van der Waals surface area contributed by atoms with Gasteiger partial charge in [-0.1, -0.05) is 18.2 Å². The lowest BCUT2D eigenvalue weighted by atomic mass is 10.1.